The maximum Gasteiger partial charge on any atom is 0.345 e. The first-order chi connectivity index (χ1) is 8.98. The topological polar surface area (TPSA) is 74.7 Å². The lowest BCUT2D eigenvalue weighted by Gasteiger charge is -2.19. The Balaban J connectivity index is 1.89. The van der Waals surface area contributed by atoms with Crippen molar-refractivity contribution in [3.63, 3.8) is 0 Å². The molecule has 2 heterocycles. The van der Waals surface area contributed by atoms with Crippen LogP contribution < -0.4 is 0 Å². The monoisotopic (exact) mass is 301 g/mol. The fourth-order valence-electron chi connectivity index (χ4n) is 2.40. The number of hydrogen-bond acceptors (Lipinski definition) is 4. The van der Waals surface area contributed by atoms with E-state index in [1.165, 1.54) is 15.6 Å². The lowest BCUT2D eigenvalue weighted by molar-refractivity contribution is 0.0702. The Morgan fingerprint density at radius 3 is 2.79 bits per heavy atom. The molecule has 1 N–H and O–H groups in total. The van der Waals surface area contributed by atoms with E-state index in [9.17, 15) is 13.2 Å². The maximum atomic E-state index is 12.3. The van der Waals surface area contributed by atoms with Crippen LogP contribution in [0.4, 0.5) is 0 Å². The van der Waals surface area contributed by atoms with E-state index in [-0.39, 0.29) is 5.25 Å². The zero-order valence-corrected chi connectivity index (χ0v) is 12.0. The van der Waals surface area contributed by atoms with Gasteiger partial charge in [-0.2, -0.15) is 4.31 Å². The normalized spacial score (nSPS) is 20.8. The zero-order valence-electron chi connectivity index (χ0n) is 10.3. The summed E-state index contributed by atoms with van der Waals surface area (Å²) in [5, 5.41) is 8.80. The van der Waals surface area contributed by atoms with E-state index in [0.29, 0.717) is 18.0 Å². The molecule has 0 amide bonds. The largest absolute Gasteiger partial charge is 0.477 e. The molecule has 5 nitrogen and oxygen atoms in total. The molecule has 19 heavy (non-hydrogen) atoms. The molecular weight excluding hydrogens is 286 g/mol. The van der Waals surface area contributed by atoms with Crippen molar-refractivity contribution >= 4 is 27.3 Å². The number of nitrogens with zero attached hydrogens (tertiary/aromatic N) is 1. The van der Waals surface area contributed by atoms with Gasteiger partial charge in [-0.25, -0.2) is 13.2 Å². The van der Waals surface area contributed by atoms with Crippen LogP contribution in [-0.2, 0) is 23.0 Å². The highest BCUT2D eigenvalue weighted by Crippen LogP contribution is 2.35. The van der Waals surface area contributed by atoms with Crippen molar-refractivity contribution < 1.29 is 18.3 Å². The van der Waals surface area contributed by atoms with Gasteiger partial charge in [-0.1, -0.05) is 0 Å². The second-order valence-electron chi connectivity index (χ2n) is 5.05. The second kappa shape index (κ2) is 4.57. The van der Waals surface area contributed by atoms with Crippen LogP contribution in [0.1, 0.15) is 39.4 Å². The number of carboxylic acid groups (broad SMARTS) is 1. The Morgan fingerprint density at radius 1 is 1.42 bits per heavy atom. The first kappa shape index (κ1) is 13.1. The van der Waals surface area contributed by atoms with Gasteiger partial charge in [0.25, 0.3) is 0 Å². The molecule has 7 heteroatoms. The predicted molar refractivity (Wildman–Crippen MR) is 72.0 cm³/mol. The van der Waals surface area contributed by atoms with Crippen molar-refractivity contribution in [3.05, 3.63) is 21.4 Å². The third-order valence-corrected chi connectivity index (χ3v) is 7.14. The molecule has 0 radical (unpaired) electrons. The minimum absolute atomic E-state index is 0.202. The highest BCUT2D eigenvalue weighted by Gasteiger charge is 2.40. The van der Waals surface area contributed by atoms with Crippen molar-refractivity contribution in [3.8, 4) is 0 Å². The van der Waals surface area contributed by atoms with Gasteiger partial charge in [0.05, 0.1) is 5.25 Å². The zero-order chi connectivity index (χ0) is 13.6. The van der Waals surface area contributed by atoms with Crippen LogP contribution in [0.25, 0.3) is 0 Å². The van der Waals surface area contributed by atoms with Gasteiger partial charge in [0.2, 0.25) is 10.0 Å². The lowest BCUT2D eigenvalue weighted by atomic mass is 10.2. The quantitative estimate of drug-likeness (QED) is 0.922. The summed E-state index contributed by atoms with van der Waals surface area (Å²) >= 11 is 1.27. The average molecular weight is 301 g/mol. The molecule has 0 atom stereocenters. The Morgan fingerprint density at radius 2 is 2.16 bits per heavy atom. The molecule has 1 aliphatic carbocycles. The van der Waals surface area contributed by atoms with Crippen LogP contribution in [0.5, 0.6) is 0 Å². The molecule has 2 aliphatic rings. The van der Waals surface area contributed by atoms with Gasteiger partial charge in [0, 0.05) is 18.0 Å². The smallest absolute Gasteiger partial charge is 0.345 e. The highest BCUT2D eigenvalue weighted by atomic mass is 32.2. The Kier molecular flexibility index (Phi) is 3.15. The molecule has 1 aliphatic heterocycles. The minimum atomic E-state index is -3.18. The highest BCUT2D eigenvalue weighted by molar-refractivity contribution is 7.90. The first-order valence-corrected chi connectivity index (χ1v) is 8.64. The minimum Gasteiger partial charge on any atom is -0.477 e. The van der Waals surface area contributed by atoms with Gasteiger partial charge >= 0.3 is 5.97 Å². The van der Waals surface area contributed by atoms with Crippen LogP contribution in [0.15, 0.2) is 6.07 Å². The number of hydrogen-bond donors (Lipinski definition) is 1. The van der Waals surface area contributed by atoms with Crippen molar-refractivity contribution in [2.75, 3.05) is 6.54 Å². The summed E-state index contributed by atoms with van der Waals surface area (Å²) in [6.07, 6.45) is 3.05. The number of aromatic carboxylic acids is 1. The van der Waals surface area contributed by atoms with Crippen LogP contribution in [-0.4, -0.2) is 35.6 Å². The number of sulfonamides is 1. The van der Waals surface area contributed by atoms with Gasteiger partial charge < -0.3 is 5.11 Å². The number of carbonyl (C=O) groups is 1. The summed E-state index contributed by atoms with van der Waals surface area (Å²) in [4.78, 5) is 12.3. The van der Waals surface area contributed by atoms with Crippen LogP contribution >= 0.6 is 11.3 Å². The summed E-state index contributed by atoms with van der Waals surface area (Å²) in [7, 11) is -3.18. The molecule has 104 valence electrons. The number of aryl methyl sites for hydroxylation is 1. The predicted octanol–water partition coefficient (Wildman–Crippen LogP) is 1.69. The van der Waals surface area contributed by atoms with E-state index < -0.39 is 16.0 Å². The fourth-order valence-corrected chi connectivity index (χ4v) is 5.31. The van der Waals surface area contributed by atoms with E-state index >= 15 is 0 Å². The summed E-state index contributed by atoms with van der Waals surface area (Å²) < 4.78 is 26.1. The van der Waals surface area contributed by atoms with E-state index in [1.807, 2.05) is 0 Å². The van der Waals surface area contributed by atoms with E-state index in [0.717, 1.165) is 36.1 Å². The SMILES string of the molecule is O=C(O)c1cc2c(s1)CCCN(S(=O)(=O)C1CC1)C2. The van der Waals surface area contributed by atoms with E-state index in [4.69, 9.17) is 5.11 Å². The van der Waals surface area contributed by atoms with Crippen LogP contribution in [0.2, 0.25) is 0 Å². The molecule has 0 saturated heterocycles. The molecule has 0 unspecified atom stereocenters. The van der Waals surface area contributed by atoms with E-state index in [2.05, 4.69) is 0 Å². The van der Waals surface area contributed by atoms with Crippen molar-refractivity contribution in [1.29, 1.82) is 0 Å². The summed E-state index contributed by atoms with van der Waals surface area (Å²) in [6, 6.07) is 1.63. The number of rotatable bonds is 3. The summed E-state index contributed by atoms with van der Waals surface area (Å²) in [5.41, 5.74) is 0.865. The third-order valence-electron chi connectivity index (χ3n) is 3.57. The lowest BCUT2D eigenvalue weighted by Crippen LogP contribution is -2.33. The average Bonchev–Trinajstić information content (AvgIpc) is 3.14. The molecule has 1 aromatic rings. The molecule has 0 bridgehead atoms. The van der Waals surface area contributed by atoms with Gasteiger partial charge in [0.1, 0.15) is 4.88 Å². The van der Waals surface area contributed by atoms with E-state index in [1.54, 1.807) is 6.07 Å². The number of thiophene rings is 1. The van der Waals surface area contributed by atoms with Crippen molar-refractivity contribution in [2.24, 2.45) is 0 Å². The molecule has 1 fully saturated rings. The molecule has 0 spiro atoms. The van der Waals surface area contributed by atoms with Crippen LogP contribution in [0, 0.1) is 0 Å². The number of carboxylic acids is 1. The molecule has 3 rings (SSSR count). The maximum absolute atomic E-state index is 12.3. The molecule has 1 saturated carbocycles. The van der Waals surface area contributed by atoms with Crippen molar-refractivity contribution in [2.45, 2.75) is 37.5 Å². The Hall–Kier alpha value is -0.920. The summed E-state index contributed by atoms with van der Waals surface area (Å²) in [6.45, 7) is 0.876. The fraction of sp³-hybridized carbons (Fsp3) is 0.583. The molecular formula is C12H15NO4S2. The first-order valence-electron chi connectivity index (χ1n) is 6.32. The Bertz CT molecular complexity index is 616. The van der Waals surface area contributed by atoms with Gasteiger partial charge in [-0.15, -0.1) is 11.3 Å². The second-order valence-corrected chi connectivity index (χ2v) is 8.40. The Labute approximate surface area is 115 Å². The van der Waals surface area contributed by atoms with Crippen molar-refractivity contribution in [1.82, 2.24) is 4.31 Å². The van der Waals surface area contributed by atoms with Gasteiger partial charge in [-0.05, 0) is 37.3 Å². The molecule has 0 aromatic carbocycles. The van der Waals surface area contributed by atoms with Gasteiger partial charge in [0.15, 0.2) is 0 Å². The standard InChI is InChI=1S/C12H15NO4S2/c14-12(15)11-6-8-7-13(5-1-2-10(8)18-11)19(16,17)9-3-4-9/h6,9H,1-5,7H2,(H,14,15). The number of fused-ring (bicyclic) bond motifs is 1. The molecule has 1 aromatic heterocycles. The van der Waals surface area contributed by atoms with Gasteiger partial charge in [-0.3, -0.25) is 0 Å². The van der Waals surface area contributed by atoms with Crippen LogP contribution in [0.3, 0.4) is 0 Å². The third kappa shape index (κ3) is 2.42. The summed E-state index contributed by atoms with van der Waals surface area (Å²) in [5.74, 6) is -0.935.